The Hall–Kier alpha value is -1.91. The number of benzene rings is 2. The number of amides is 1. The summed E-state index contributed by atoms with van der Waals surface area (Å²) in [5, 5.41) is 4.26. The van der Waals surface area contributed by atoms with Gasteiger partial charge in [0, 0.05) is 10.9 Å². The maximum Gasteiger partial charge on any atom is 0.229 e. The number of carbonyl (C=O) groups is 1. The Balaban J connectivity index is 1.48. The topological polar surface area (TPSA) is 42.0 Å². The lowest BCUT2D eigenvalue weighted by molar-refractivity contribution is -0.117. The van der Waals surface area contributed by atoms with Crippen molar-refractivity contribution in [2.45, 2.75) is 12.3 Å². The lowest BCUT2D eigenvalue weighted by atomic mass is 10.1. The third-order valence-electron chi connectivity index (χ3n) is 3.94. The molecule has 2 aromatic carbocycles. The number of nitrogens with one attached hydrogen (secondary N) is 1. The summed E-state index contributed by atoms with van der Waals surface area (Å²) in [5.41, 5.74) is 2.10. The molecule has 110 valence electrons. The molecule has 1 N–H and O–H groups in total. The Bertz CT molecular complexity index is 846. The van der Waals surface area contributed by atoms with Gasteiger partial charge in [-0.25, -0.2) is 4.98 Å². The zero-order valence-corrected chi connectivity index (χ0v) is 13.2. The molecule has 0 unspecified atom stereocenters. The molecule has 1 heterocycles. The van der Waals surface area contributed by atoms with Gasteiger partial charge in [-0.2, -0.15) is 0 Å². The van der Waals surface area contributed by atoms with E-state index in [0.717, 1.165) is 16.6 Å². The number of anilines is 1. The molecule has 0 saturated heterocycles. The Morgan fingerprint density at radius 3 is 2.86 bits per heavy atom. The first-order chi connectivity index (χ1) is 10.7. The van der Waals surface area contributed by atoms with E-state index >= 15 is 0 Å². The molecule has 1 aliphatic carbocycles. The SMILES string of the molecule is O=C(Nc1nc2ccc(Cl)cc2s1)[C@@H]1C[C@H]1c1ccccc1. The van der Waals surface area contributed by atoms with Gasteiger partial charge in [-0.05, 0) is 36.1 Å². The highest BCUT2D eigenvalue weighted by Crippen LogP contribution is 2.48. The van der Waals surface area contributed by atoms with E-state index in [1.165, 1.54) is 16.9 Å². The predicted molar refractivity (Wildman–Crippen MR) is 90.5 cm³/mol. The van der Waals surface area contributed by atoms with Crippen LogP contribution in [0, 0.1) is 5.92 Å². The molecule has 2 atom stereocenters. The monoisotopic (exact) mass is 328 g/mol. The predicted octanol–water partition coefficient (Wildman–Crippen LogP) is 4.69. The third kappa shape index (κ3) is 2.60. The minimum atomic E-state index is 0.0537. The summed E-state index contributed by atoms with van der Waals surface area (Å²) in [6, 6.07) is 15.7. The molecule has 0 aliphatic heterocycles. The highest BCUT2D eigenvalue weighted by Gasteiger charge is 2.44. The van der Waals surface area contributed by atoms with Crippen molar-refractivity contribution in [3.63, 3.8) is 0 Å². The van der Waals surface area contributed by atoms with Crippen molar-refractivity contribution in [2.75, 3.05) is 5.32 Å². The van der Waals surface area contributed by atoms with E-state index < -0.39 is 0 Å². The van der Waals surface area contributed by atoms with E-state index in [1.54, 1.807) is 0 Å². The molecule has 0 radical (unpaired) electrons. The van der Waals surface area contributed by atoms with Gasteiger partial charge >= 0.3 is 0 Å². The van der Waals surface area contributed by atoms with Crippen molar-refractivity contribution < 1.29 is 4.79 Å². The maximum absolute atomic E-state index is 12.3. The van der Waals surface area contributed by atoms with Crippen LogP contribution in [0.15, 0.2) is 48.5 Å². The summed E-state index contributed by atoms with van der Waals surface area (Å²) in [6.07, 6.45) is 0.909. The first kappa shape index (κ1) is 13.7. The summed E-state index contributed by atoms with van der Waals surface area (Å²) < 4.78 is 0.984. The van der Waals surface area contributed by atoms with Crippen molar-refractivity contribution in [2.24, 2.45) is 5.92 Å². The molecule has 3 nitrogen and oxygen atoms in total. The molecule has 22 heavy (non-hydrogen) atoms. The Labute approximate surface area is 136 Å². The molecule has 5 heteroatoms. The molecule has 1 aliphatic rings. The molecule has 3 aromatic rings. The normalized spacial score (nSPS) is 20.0. The second kappa shape index (κ2) is 5.38. The van der Waals surface area contributed by atoms with Crippen LogP contribution in [-0.4, -0.2) is 10.9 Å². The van der Waals surface area contributed by atoms with Crippen LogP contribution in [0.5, 0.6) is 0 Å². The van der Waals surface area contributed by atoms with Gasteiger partial charge in [0.05, 0.1) is 10.2 Å². The zero-order chi connectivity index (χ0) is 15.1. The van der Waals surface area contributed by atoms with Crippen LogP contribution in [0.25, 0.3) is 10.2 Å². The summed E-state index contributed by atoms with van der Waals surface area (Å²) in [4.78, 5) is 16.8. The van der Waals surface area contributed by atoms with Crippen LogP contribution in [0.4, 0.5) is 5.13 Å². The van der Waals surface area contributed by atoms with Gasteiger partial charge in [-0.1, -0.05) is 53.3 Å². The van der Waals surface area contributed by atoms with Crippen LogP contribution in [0.2, 0.25) is 5.02 Å². The number of carbonyl (C=O) groups excluding carboxylic acids is 1. The summed E-state index contributed by atoms with van der Waals surface area (Å²) in [5.74, 6) is 0.446. The van der Waals surface area contributed by atoms with Crippen LogP contribution in [0.3, 0.4) is 0 Å². The Morgan fingerprint density at radius 2 is 2.05 bits per heavy atom. The Morgan fingerprint density at radius 1 is 1.23 bits per heavy atom. The molecular weight excluding hydrogens is 316 g/mol. The van der Waals surface area contributed by atoms with E-state index in [4.69, 9.17) is 11.6 Å². The van der Waals surface area contributed by atoms with Crippen LogP contribution in [0.1, 0.15) is 17.9 Å². The first-order valence-corrected chi connectivity index (χ1v) is 8.32. The molecule has 1 saturated carbocycles. The zero-order valence-electron chi connectivity index (χ0n) is 11.6. The summed E-state index contributed by atoms with van der Waals surface area (Å²) >= 11 is 7.43. The molecular formula is C17H13ClN2OS. The van der Waals surface area contributed by atoms with Crippen LogP contribution < -0.4 is 5.32 Å². The average Bonchev–Trinajstić information content (AvgIpc) is 3.23. The molecule has 1 fully saturated rings. The van der Waals surface area contributed by atoms with Crippen LogP contribution in [-0.2, 0) is 4.79 Å². The number of thiazole rings is 1. The standard InChI is InChI=1S/C17H13ClN2OS/c18-11-6-7-14-15(8-11)22-17(19-14)20-16(21)13-9-12(13)10-4-2-1-3-5-10/h1-8,12-13H,9H2,(H,19,20,21)/t12-,13+/m0/s1. The maximum atomic E-state index is 12.3. The van der Waals surface area contributed by atoms with E-state index in [-0.39, 0.29) is 11.8 Å². The minimum Gasteiger partial charge on any atom is -0.302 e. The van der Waals surface area contributed by atoms with Crippen molar-refractivity contribution in [1.29, 1.82) is 0 Å². The average molecular weight is 329 g/mol. The van der Waals surface area contributed by atoms with E-state index in [2.05, 4.69) is 22.4 Å². The van der Waals surface area contributed by atoms with Gasteiger partial charge in [0.2, 0.25) is 5.91 Å². The van der Waals surface area contributed by atoms with Crippen molar-refractivity contribution in [3.8, 4) is 0 Å². The molecule has 0 bridgehead atoms. The largest absolute Gasteiger partial charge is 0.302 e. The van der Waals surface area contributed by atoms with Crippen molar-refractivity contribution >= 4 is 44.2 Å². The van der Waals surface area contributed by atoms with Gasteiger partial charge in [0.25, 0.3) is 0 Å². The fourth-order valence-electron chi connectivity index (χ4n) is 2.70. The molecule has 1 aromatic heterocycles. The second-order valence-electron chi connectivity index (χ2n) is 5.48. The van der Waals surface area contributed by atoms with E-state index in [9.17, 15) is 4.79 Å². The van der Waals surface area contributed by atoms with Gasteiger partial charge in [0.1, 0.15) is 0 Å². The fourth-order valence-corrected chi connectivity index (χ4v) is 3.85. The highest BCUT2D eigenvalue weighted by atomic mass is 35.5. The van der Waals surface area contributed by atoms with Crippen LogP contribution >= 0.6 is 22.9 Å². The van der Waals surface area contributed by atoms with E-state index in [1.807, 2.05) is 36.4 Å². The lowest BCUT2D eigenvalue weighted by Crippen LogP contribution is -2.14. The summed E-state index contributed by atoms with van der Waals surface area (Å²) in [7, 11) is 0. The number of nitrogens with zero attached hydrogens (tertiary/aromatic N) is 1. The number of halogens is 1. The number of rotatable bonds is 3. The number of hydrogen-bond acceptors (Lipinski definition) is 3. The minimum absolute atomic E-state index is 0.0537. The van der Waals surface area contributed by atoms with Gasteiger partial charge < -0.3 is 5.32 Å². The fraction of sp³-hybridized carbons (Fsp3) is 0.176. The quantitative estimate of drug-likeness (QED) is 0.757. The van der Waals surface area contributed by atoms with E-state index in [0.29, 0.717) is 16.1 Å². The first-order valence-electron chi connectivity index (χ1n) is 7.12. The highest BCUT2D eigenvalue weighted by molar-refractivity contribution is 7.22. The third-order valence-corrected chi connectivity index (χ3v) is 5.10. The van der Waals surface area contributed by atoms with Crippen molar-refractivity contribution in [3.05, 3.63) is 59.1 Å². The van der Waals surface area contributed by atoms with Crippen molar-refractivity contribution in [1.82, 2.24) is 4.98 Å². The van der Waals surface area contributed by atoms with Gasteiger partial charge in [-0.3, -0.25) is 4.79 Å². The Kier molecular flexibility index (Phi) is 3.36. The summed E-state index contributed by atoms with van der Waals surface area (Å²) in [6.45, 7) is 0. The lowest BCUT2D eigenvalue weighted by Gasteiger charge is -2.01. The smallest absolute Gasteiger partial charge is 0.229 e. The van der Waals surface area contributed by atoms with Gasteiger partial charge in [0.15, 0.2) is 5.13 Å². The molecule has 1 amide bonds. The molecule has 4 rings (SSSR count). The molecule has 0 spiro atoms. The number of aromatic nitrogens is 1. The van der Waals surface area contributed by atoms with Gasteiger partial charge in [-0.15, -0.1) is 0 Å². The number of fused-ring (bicyclic) bond motifs is 1. The second-order valence-corrected chi connectivity index (χ2v) is 6.95. The number of hydrogen-bond donors (Lipinski definition) is 1.